The summed E-state index contributed by atoms with van der Waals surface area (Å²) in [6.45, 7) is 6.49. The quantitative estimate of drug-likeness (QED) is 0.528. The summed E-state index contributed by atoms with van der Waals surface area (Å²) in [7, 11) is 0. The first-order chi connectivity index (χ1) is 14.6. The monoisotopic (exact) mass is 398 g/mol. The highest BCUT2D eigenvalue weighted by molar-refractivity contribution is 5.90. The van der Waals surface area contributed by atoms with E-state index in [0.717, 1.165) is 42.1 Å². The summed E-state index contributed by atoms with van der Waals surface area (Å²) in [5.74, 6) is 0.981. The number of nitrogens with zero attached hydrogens (tertiary/aromatic N) is 2. The second kappa shape index (κ2) is 7.58. The Bertz CT molecular complexity index is 1250. The van der Waals surface area contributed by atoms with E-state index < -0.39 is 0 Å². The molecule has 0 saturated heterocycles. The molecule has 4 aromatic rings. The molecule has 0 bridgehead atoms. The minimum absolute atomic E-state index is 0.0282. The van der Waals surface area contributed by atoms with E-state index in [4.69, 9.17) is 4.98 Å². The molecule has 0 unspecified atom stereocenters. The van der Waals surface area contributed by atoms with Crippen LogP contribution in [0.25, 0.3) is 22.2 Å². The summed E-state index contributed by atoms with van der Waals surface area (Å²) < 4.78 is 0. The van der Waals surface area contributed by atoms with Crippen molar-refractivity contribution in [2.24, 2.45) is 0 Å². The van der Waals surface area contributed by atoms with Gasteiger partial charge in [-0.15, -0.1) is 0 Å². The first-order valence-corrected chi connectivity index (χ1v) is 10.6. The Labute approximate surface area is 175 Å². The molecule has 5 rings (SSSR count). The lowest BCUT2D eigenvalue weighted by atomic mass is 10.0. The molecule has 3 heterocycles. The first kappa shape index (κ1) is 18.8. The van der Waals surface area contributed by atoms with Crippen molar-refractivity contribution in [1.82, 2.24) is 19.9 Å². The second-order valence-electron chi connectivity index (χ2n) is 8.38. The minimum atomic E-state index is 0.0282. The van der Waals surface area contributed by atoms with Crippen LogP contribution in [0.1, 0.15) is 42.4 Å². The van der Waals surface area contributed by atoms with E-state index in [-0.39, 0.29) is 11.5 Å². The number of nitrogens with one attached hydrogen (secondary N) is 2. The minimum Gasteiger partial charge on any atom is -0.354 e. The van der Waals surface area contributed by atoms with Gasteiger partial charge in [0.15, 0.2) is 0 Å². The van der Waals surface area contributed by atoms with E-state index in [0.29, 0.717) is 6.54 Å². The van der Waals surface area contributed by atoms with Gasteiger partial charge in [0.1, 0.15) is 5.82 Å². The Morgan fingerprint density at radius 2 is 1.80 bits per heavy atom. The zero-order valence-corrected chi connectivity index (χ0v) is 17.4. The summed E-state index contributed by atoms with van der Waals surface area (Å²) >= 11 is 0. The Balaban J connectivity index is 1.52. The third-order valence-electron chi connectivity index (χ3n) is 5.98. The van der Waals surface area contributed by atoms with Crippen molar-refractivity contribution in [3.05, 3.63) is 87.6 Å². The molecule has 0 amide bonds. The Morgan fingerprint density at radius 3 is 2.60 bits per heavy atom. The molecular formula is C25H26N4O. The molecule has 2 aromatic heterocycles. The van der Waals surface area contributed by atoms with E-state index >= 15 is 0 Å². The van der Waals surface area contributed by atoms with E-state index in [1.807, 2.05) is 6.07 Å². The molecule has 0 atom stereocenters. The lowest BCUT2D eigenvalue weighted by Crippen LogP contribution is -2.35. The highest BCUT2D eigenvalue weighted by Crippen LogP contribution is 2.32. The Hall–Kier alpha value is -3.18. The van der Waals surface area contributed by atoms with Crippen LogP contribution in [0.4, 0.5) is 0 Å². The molecule has 30 heavy (non-hydrogen) atoms. The molecule has 0 saturated carbocycles. The Kier molecular flexibility index (Phi) is 4.75. The lowest BCUT2D eigenvalue weighted by Gasteiger charge is -2.28. The first-order valence-electron chi connectivity index (χ1n) is 10.6. The maximum atomic E-state index is 12.5. The number of fused-ring (bicyclic) bond motifs is 2. The van der Waals surface area contributed by atoms with Crippen LogP contribution in [0.2, 0.25) is 0 Å². The third-order valence-corrected chi connectivity index (χ3v) is 5.98. The molecule has 0 radical (unpaired) electrons. The number of benzene rings is 2. The predicted molar refractivity (Wildman–Crippen MR) is 120 cm³/mol. The molecule has 2 N–H and O–H groups in total. The van der Waals surface area contributed by atoms with Crippen LogP contribution in [0.3, 0.4) is 0 Å². The number of hydrogen-bond acceptors (Lipinski definition) is 3. The molecule has 5 heteroatoms. The normalized spacial score (nSPS) is 14.4. The van der Waals surface area contributed by atoms with Crippen molar-refractivity contribution in [3.8, 4) is 11.3 Å². The van der Waals surface area contributed by atoms with Crippen LogP contribution in [0.5, 0.6) is 0 Å². The van der Waals surface area contributed by atoms with Crippen molar-refractivity contribution >= 4 is 10.9 Å². The van der Waals surface area contributed by atoms with Crippen molar-refractivity contribution in [1.29, 1.82) is 0 Å². The number of hydrogen-bond donors (Lipinski definition) is 2. The van der Waals surface area contributed by atoms with Gasteiger partial charge in [-0.25, -0.2) is 4.98 Å². The fourth-order valence-corrected chi connectivity index (χ4v) is 4.36. The fraction of sp³-hybridized carbons (Fsp3) is 0.280. The molecule has 0 fully saturated rings. The summed E-state index contributed by atoms with van der Waals surface area (Å²) in [5, 5.41) is 1.25. The second-order valence-corrected chi connectivity index (χ2v) is 8.38. The van der Waals surface area contributed by atoms with Gasteiger partial charge in [-0.05, 0) is 23.6 Å². The van der Waals surface area contributed by atoms with Gasteiger partial charge in [-0.2, -0.15) is 0 Å². The molecular weight excluding hydrogens is 372 g/mol. The Morgan fingerprint density at radius 1 is 1.03 bits per heavy atom. The highest BCUT2D eigenvalue weighted by Gasteiger charge is 2.24. The lowest BCUT2D eigenvalue weighted by molar-refractivity contribution is 0.241. The molecule has 5 nitrogen and oxygen atoms in total. The molecule has 1 aliphatic heterocycles. The third kappa shape index (κ3) is 3.35. The number of aromatic nitrogens is 3. The smallest absolute Gasteiger partial charge is 0.254 e. The maximum Gasteiger partial charge on any atom is 0.254 e. The summed E-state index contributed by atoms with van der Waals surface area (Å²) in [5.41, 5.74) is 6.62. The maximum absolute atomic E-state index is 12.5. The van der Waals surface area contributed by atoms with Gasteiger partial charge in [-0.1, -0.05) is 62.4 Å². The van der Waals surface area contributed by atoms with Gasteiger partial charge in [0.05, 0.1) is 11.4 Å². The van der Waals surface area contributed by atoms with Crippen molar-refractivity contribution in [2.75, 3.05) is 6.54 Å². The number of H-pyrrole nitrogens is 2. The summed E-state index contributed by atoms with van der Waals surface area (Å²) in [6.07, 6.45) is 0.735. The SMILES string of the molecule is CC(C)c1nc2c(c(=O)[nH]1)CCN(Cc1c(-c3ccccc3)[nH]c3ccccc13)C2. The van der Waals surface area contributed by atoms with Gasteiger partial charge < -0.3 is 9.97 Å². The predicted octanol–water partition coefficient (Wildman–Crippen LogP) is 4.60. The van der Waals surface area contributed by atoms with Gasteiger partial charge in [0.2, 0.25) is 0 Å². The number of rotatable bonds is 4. The largest absolute Gasteiger partial charge is 0.354 e. The summed E-state index contributed by atoms with van der Waals surface area (Å²) in [4.78, 5) is 26.3. The van der Waals surface area contributed by atoms with Crippen molar-refractivity contribution in [2.45, 2.75) is 39.3 Å². The number of para-hydroxylation sites is 1. The van der Waals surface area contributed by atoms with Crippen LogP contribution < -0.4 is 5.56 Å². The average Bonchev–Trinajstić information content (AvgIpc) is 3.12. The molecule has 1 aliphatic rings. The molecule has 152 valence electrons. The van der Waals surface area contributed by atoms with Crippen LogP contribution in [0.15, 0.2) is 59.4 Å². The molecule has 0 spiro atoms. The van der Waals surface area contributed by atoms with Crippen molar-refractivity contribution < 1.29 is 0 Å². The zero-order chi connectivity index (χ0) is 20.7. The van der Waals surface area contributed by atoms with Gasteiger partial charge in [0, 0.05) is 42.0 Å². The standard InChI is InChI=1S/C25H26N4O/c1-16(2)24-27-22-15-29(13-12-19(22)25(30)28-24)14-20-18-10-6-7-11-21(18)26-23(20)17-8-4-3-5-9-17/h3-11,16,26H,12-15H2,1-2H3,(H,27,28,30). The van der Waals surface area contributed by atoms with E-state index in [2.05, 4.69) is 77.2 Å². The van der Waals surface area contributed by atoms with E-state index in [9.17, 15) is 4.79 Å². The average molecular weight is 399 g/mol. The number of aromatic amines is 2. The molecule has 2 aromatic carbocycles. The van der Waals surface area contributed by atoms with E-state index in [1.165, 1.54) is 22.2 Å². The van der Waals surface area contributed by atoms with Crippen molar-refractivity contribution in [3.63, 3.8) is 0 Å². The fourth-order valence-electron chi connectivity index (χ4n) is 4.36. The topological polar surface area (TPSA) is 64.8 Å². The van der Waals surface area contributed by atoms with Gasteiger partial charge in [0.25, 0.3) is 5.56 Å². The van der Waals surface area contributed by atoms with Gasteiger partial charge in [-0.3, -0.25) is 9.69 Å². The van der Waals surface area contributed by atoms with E-state index in [1.54, 1.807) is 0 Å². The van der Waals surface area contributed by atoms with Crippen LogP contribution in [-0.4, -0.2) is 26.4 Å². The van der Waals surface area contributed by atoms with Gasteiger partial charge >= 0.3 is 0 Å². The molecule has 0 aliphatic carbocycles. The van der Waals surface area contributed by atoms with Crippen LogP contribution in [0, 0.1) is 0 Å². The summed E-state index contributed by atoms with van der Waals surface area (Å²) in [6, 6.07) is 19.0. The highest BCUT2D eigenvalue weighted by atomic mass is 16.1. The van der Waals surface area contributed by atoms with Crippen LogP contribution >= 0.6 is 0 Å². The zero-order valence-electron chi connectivity index (χ0n) is 17.4. The van der Waals surface area contributed by atoms with Crippen LogP contribution in [-0.2, 0) is 19.5 Å².